The standard InChI is InChI=1S/C11H14O/c1-3-10-4-5-11(6-7-12)9(2)8-10/h3-5,8,12H,1,6-7H2,2H3. The number of benzene rings is 1. The fourth-order valence-corrected chi connectivity index (χ4v) is 1.25. The summed E-state index contributed by atoms with van der Waals surface area (Å²) in [6.45, 7) is 5.97. The van der Waals surface area contributed by atoms with E-state index in [0.717, 1.165) is 12.0 Å². The van der Waals surface area contributed by atoms with E-state index in [-0.39, 0.29) is 6.61 Å². The van der Waals surface area contributed by atoms with Gasteiger partial charge in [0.15, 0.2) is 0 Å². The van der Waals surface area contributed by atoms with E-state index in [2.05, 4.69) is 19.6 Å². The summed E-state index contributed by atoms with van der Waals surface area (Å²) < 4.78 is 0. The van der Waals surface area contributed by atoms with Gasteiger partial charge in [-0.25, -0.2) is 0 Å². The van der Waals surface area contributed by atoms with Crippen LogP contribution in [0.25, 0.3) is 6.08 Å². The van der Waals surface area contributed by atoms with Gasteiger partial charge in [0, 0.05) is 6.61 Å². The summed E-state index contributed by atoms with van der Waals surface area (Å²) in [5.74, 6) is 0. The van der Waals surface area contributed by atoms with Crippen LogP contribution in [-0.4, -0.2) is 11.7 Å². The molecule has 0 unspecified atom stereocenters. The molecule has 0 bridgehead atoms. The monoisotopic (exact) mass is 162 g/mol. The van der Waals surface area contributed by atoms with Crippen molar-refractivity contribution >= 4 is 6.08 Å². The Morgan fingerprint density at radius 1 is 1.50 bits per heavy atom. The van der Waals surface area contributed by atoms with E-state index in [0.29, 0.717) is 0 Å². The van der Waals surface area contributed by atoms with E-state index in [1.807, 2.05) is 18.2 Å². The van der Waals surface area contributed by atoms with Gasteiger partial charge >= 0.3 is 0 Å². The normalized spacial score (nSPS) is 9.83. The molecule has 0 saturated carbocycles. The second kappa shape index (κ2) is 4.07. The number of aryl methyl sites for hydroxylation is 1. The zero-order valence-electron chi connectivity index (χ0n) is 7.38. The molecule has 64 valence electrons. The molecule has 1 N–H and O–H groups in total. The van der Waals surface area contributed by atoms with Crippen molar-refractivity contribution in [3.63, 3.8) is 0 Å². The maximum absolute atomic E-state index is 8.75. The van der Waals surface area contributed by atoms with Crippen molar-refractivity contribution in [3.8, 4) is 0 Å². The lowest BCUT2D eigenvalue weighted by Crippen LogP contribution is -1.93. The van der Waals surface area contributed by atoms with E-state index in [1.54, 1.807) is 0 Å². The molecule has 0 fully saturated rings. The fraction of sp³-hybridized carbons (Fsp3) is 0.273. The van der Waals surface area contributed by atoms with Crippen LogP contribution < -0.4 is 0 Å². The summed E-state index contributed by atoms with van der Waals surface area (Å²) in [4.78, 5) is 0. The van der Waals surface area contributed by atoms with E-state index in [1.165, 1.54) is 11.1 Å². The quantitative estimate of drug-likeness (QED) is 0.722. The Balaban J connectivity index is 2.94. The first-order valence-corrected chi connectivity index (χ1v) is 4.10. The first kappa shape index (κ1) is 9.01. The lowest BCUT2D eigenvalue weighted by molar-refractivity contribution is 0.299. The zero-order chi connectivity index (χ0) is 8.97. The van der Waals surface area contributed by atoms with Gasteiger partial charge in [-0.2, -0.15) is 0 Å². The Labute approximate surface area is 73.4 Å². The number of hydrogen-bond acceptors (Lipinski definition) is 1. The Kier molecular flexibility index (Phi) is 3.06. The van der Waals surface area contributed by atoms with Crippen molar-refractivity contribution in [1.29, 1.82) is 0 Å². The lowest BCUT2D eigenvalue weighted by atomic mass is 10.0. The molecule has 0 spiro atoms. The van der Waals surface area contributed by atoms with Crippen molar-refractivity contribution in [2.45, 2.75) is 13.3 Å². The minimum absolute atomic E-state index is 0.217. The maximum Gasteiger partial charge on any atom is 0.0471 e. The number of hydrogen-bond donors (Lipinski definition) is 1. The molecule has 0 heterocycles. The third-order valence-corrected chi connectivity index (χ3v) is 1.98. The average Bonchev–Trinajstić information content (AvgIpc) is 2.09. The summed E-state index contributed by atoms with van der Waals surface area (Å²) in [6, 6.07) is 6.14. The zero-order valence-corrected chi connectivity index (χ0v) is 7.38. The van der Waals surface area contributed by atoms with Gasteiger partial charge in [0.2, 0.25) is 0 Å². The molecule has 0 radical (unpaired) electrons. The molecule has 0 aliphatic rings. The molecule has 0 saturated heterocycles. The van der Waals surface area contributed by atoms with Gasteiger partial charge < -0.3 is 5.11 Å². The molecule has 1 aromatic carbocycles. The Hall–Kier alpha value is -1.08. The summed E-state index contributed by atoms with van der Waals surface area (Å²) in [5.41, 5.74) is 3.57. The summed E-state index contributed by atoms with van der Waals surface area (Å²) in [7, 11) is 0. The number of rotatable bonds is 3. The molecule has 1 aromatic rings. The van der Waals surface area contributed by atoms with E-state index in [9.17, 15) is 0 Å². The molecular weight excluding hydrogens is 148 g/mol. The third kappa shape index (κ3) is 1.95. The highest BCUT2D eigenvalue weighted by molar-refractivity contribution is 5.49. The minimum Gasteiger partial charge on any atom is -0.396 e. The van der Waals surface area contributed by atoms with Crippen molar-refractivity contribution in [2.75, 3.05) is 6.61 Å². The van der Waals surface area contributed by atoms with Crippen LogP contribution in [0, 0.1) is 6.92 Å². The highest BCUT2D eigenvalue weighted by atomic mass is 16.2. The van der Waals surface area contributed by atoms with Crippen LogP contribution in [0.2, 0.25) is 0 Å². The molecule has 0 amide bonds. The van der Waals surface area contributed by atoms with Crippen LogP contribution in [0.3, 0.4) is 0 Å². The SMILES string of the molecule is C=Cc1ccc(CCO)c(C)c1. The Morgan fingerprint density at radius 2 is 2.25 bits per heavy atom. The van der Waals surface area contributed by atoms with Gasteiger partial charge in [-0.05, 0) is 30.0 Å². The van der Waals surface area contributed by atoms with Crippen molar-refractivity contribution in [1.82, 2.24) is 0 Å². The predicted molar refractivity (Wildman–Crippen MR) is 52.1 cm³/mol. The van der Waals surface area contributed by atoms with Crippen molar-refractivity contribution in [3.05, 3.63) is 41.5 Å². The molecule has 1 heteroatoms. The molecule has 1 rings (SSSR count). The summed E-state index contributed by atoms with van der Waals surface area (Å²) in [6.07, 6.45) is 2.57. The van der Waals surface area contributed by atoms with Crippen LogP contribution in [0.15, 0.2) is 24.8 Å². The topological polar surface area (TPSA) is 20.2 Å². The van der Waals surface area contributed by atoms with E-state index < -0.39 is 0 Å². The molecular formula is C11H14O. The van der Waals surface area contributed by atoms with Crippen LogP contribution >= 0.6 is 0 Å². The number of aliphatic hydroxyl groups excluding tert-OH is 1. The van der Waals surface area contributed by atoms with Crippen molar-refractivity contribution in [2.24, 2.45) is 0 Å². The van der Waals surface area contributed by atoms with Crippen LogP contribution in [0.5, 0.6) is 0 Å². The Bertz CT molecular complexity index is 276. The first-order chi connectivity index (χ1) is 5.77. The largest absolute Gasteiger partial charge is 0.396 e. The van der Waals surface area contributed by atoms with Gasteiger partial charge in [-0.1, -0.05) is 30.9 Å². The predicted octanol–water partition coefficient (Wildman–Crippen LogP) is 2.17. The highest BCUT2D eigenvalue weighted by Gasteiger charge is 1.96. The smallest absolute Gasteiger partial charge is 0.0471 e. The molecule has 0 aliphatic carbocycles. The van der Waals surface area contributed by atoms with Crippen LogP contribution in [0.1, 0.15) is 16.7 Å². The summed E-state index contributed by atoms with van der Waals surface area (Å²) in [5, 5.41) is 8.75. The molecule has 1 nitrogen and oxygen atoms in total. The average molecular weight is 162 g/mol. The Morgan fingerprint density at radius 3 is 2.75 bits per heavy atom. The van der Waals surface area contributed by atoms with Gasteiger partial charge in [-0.15, -0.1) is 0 Å². The maximum atomic E-state index is 8.75. The van der Waals surface area contributed by atoms with Gasteiger partial charge in [0.25, 0.3) is 0 Å². The third-order valence-electron chi connectivity index (χ3n) is 1.98. The van der Waals surface area contributed by atoms with Crippen LogP contribution in [0.4, 0.5) is 0 Å². The van der Waals surface area contributed by atoms with Crippen molar-refractivity contribution < 1.29 is 5.11 Å². The van der Waals surface area contributed by atoms with Gasteiger partial charge in [0.05, 0.1) is 0 Å². The molecule has 12 heavy (non-hydrogen) atoms. The number of aliphatic hydroxyl groups is 1. The fourth-order valence-electron chi connectivity index (χ4n) is 1.25. The molecule has 0 aromatic heterocycles. The lowest BCUT2D eigenvalue weighted by Gasteiger charge is -2.04. The second-order valence-electron chi connectivity index (χ2n) is 2.86. The first-order valence-electron chi connectivity index (χ1n) is 4.10. The second-order valence-corrected chi connectivity index (χ2v) is 2.86. The van der Waals surface area contributed by atoms with E-state index in [4.69, 9.17) is 5.11 Å². The molecule has 0 aliphatic heterocycles. The van der Waals surface area contributed by atoms with Gasteiger partial charge in [0.1, 0.15) is 0 Å². The highest BCUT2D eigenvalue weighted by Crippen LogP contribution is 2.12. The minimum atomic E-state index is 0.217. The van der Waals surface area contributed by atoms with Gasteiger partial charge in [-0.3, -0.25) is 0 Å². The van der Waals surface area contributed by atoms with E-state index >= 15 is 0 Å². The summed E-state index contributed by atoms with van der Waals surface area (Å²) >= 11 is 0. The molecule has 0 atom stereocenters. The van der Waals surface area contributed by atoms with Crippen LogP contribution in [-0.2, 0) is 6.42 Å².